The van der Waals surface area contributed by atoms with Crippen molar-refractivity contribution in [2.24, 2.45) is 11.8 Å². The van der Waals surface area contributed by atoms with Crippen molar-refractivity contribution in [3.63, 3.8) is 0 Å². The van der Waals surface area contributed by atoms with Crippen LogP contribution in [0.5, 0.6) is 0 Å². The molecule has 1 saturated heterocycles. The lowest BCUT2D eigenvalue weighted by Gasteiger charge is -2.30. The molecule has 1 heterocycles. The van der Waals surface area contributed by atoms with Gasteiger partial charge in [0, 0.05) is 19.0 Å². The third kappa shape index (κ3) is 2.50. The Morgan fingerprint density at radius 2 is 2.13 bits per heavy atom. The Balaban J connectivity index is 2.64. The van der Waals surface area contributed by atoms with Crippen LogP contribution in [0.15, 0.2) is 0 Å². The summed E-state index contributed by atoms with van der Waals surface area (Å²) in [6, 6.07) is 2.47. The second-order valence-corrected chi connectivity index (χ2v) is 4.39. The fourth-order valence-corrected chi connectivity index (χ4v) is 2.44. The standard InChI is InChI=1S/C12H20N2O/c1-4-11(5-2)9(3)14-8-10(7-13)6-12(14)15/h9-11H,4-6,8H2,1-3H3. The van der Waals surface area contributed by atoms with Gasteiger partial charge in [-0.1, -0.05) is 26.7 Å². The first-order valence-electron chi connectivity index (χ1n) is 5.83. The van der Waals surface area contributed by atoms with E-state index in [-0.39, 0.29) is 17.9 Å². The topological polar surface area (TPSA) is 44.1 Å². The highest BCUT2D eigenvalue weighted by Crippen LogP contribution is 2.25. The zero-order chi connectivity index (χ0) is 11.4. The molecule has 1 aliphatic rings. The number of carbonyl (C=O) groups excluding carboxylic acids is 1. The van der Waals surface area contributed by atoms with Gasteiger partial charge in [0.05, 0.1) is 12.0 Å². The minimum Gasteiger partial charge on any atom is -0.338 e. The summed E-state index contributed by atoms with van der Waals surface area (Å²) in [5.74, 6) is 0.627. The average molecular weight is 208 g/mol. The highest BCUT2D eigenvalue weighted by Gasteiger charge is 2.34. The van der Waals surface area contributed by atoms with Gasteiger partial charge in [0.25, 0.3) is 0 Å². The molecule has 15 heavy (non-hydrogen) atoms. The molecular weight excluding hydrogens is 188 g/mol. The largest absolute Gasteiger partial charge is 0.338 e. The predicted molar refractivity (Wildman–Crippen MR) is 59.0 cm³/mol. The van der Waals surface area contributed by atoms with E-state index in [0.717, 1.165) is 12.8 Å². The minimum absolute atomic E-state index is 0.0886. The minimum atomic E-state index is -0.0886. The van der Waals surface area contributed by atoms with Crippen molar-refractivity contribution in [2.45, 2.75) is 46.1 Å². The molecule has 0 radical (unpaired) electrons. The summed E-state index contributed by atoms with van der Waals surface area (Å²) in [7, 11) is 0. The Kier molecular flexibility index (Phi) is 4.14. The molecule has 0 aromatic heterocycles. The Morgan fingerprint density at radius 3 is 2.53 bits per heavy atom. The number of carbonyl (C=O) groups is 1. The molecular formula is C12H20N2O. The first-order valence-corrected chi connectivity index (χ1v) is 5.83. The SMILES string of the molecule is CCC(CC)C(C)N1CC(C#N)CC1=O. The number of nitriles is 1. The Bertz CT molecular complexity index is 265. The molecule has 3 heteroatoms. The molecule has 1 amide bonds. The van der Waals surface area contributed by atoms with Crippen LogP contribution in [0.4, 0.5) is 0 Å². The Labute approximate surface area is 92.1 Å². The normalized spacial score (nSPS) is 23.3. The fraction of sp³-hybridized carbons (Fsp3) is 0.833. The molecule has 0 spiro atoms. The van der Waals surface area contributed by atoms with Gasteiger partial charge in [0.2, 0.25) is 5.91 Å². The molecule has 84 valence electrons. The van der Waals surface area contributed by atoms with E-state index in [0.29, 0.717) is 18.9 Å². The molecule has 0 aromatic carbocycles. The van der Waals surface area contributed by atoms with E-state index >= 15 is 0 Å². The third-order valence-corrected chi connectivity index (χ3v) is 3.56. The monoisotopic (exact) mass is 208 g/mol. The summed E-state index contributed by atoms with van der Waals surface area (Å²) in [5, 5.41) is 8.81. The van der Waals surface area contributed by atoms with Crippen LogP contribution in [-0.2, 0) is 4.79 Å². The van der Waals surface area contributed by atoms with Crippen LogP contribution >= 0.6 is 0 Å². The van der Waals surface area contributed by atoms with Gasteiger partial charge in [-0.3, -0.25) is 4.79 Å². The lowest BCUT2D eigenvalue weighted by Crippen LogP contribution is -2.39. The summed E-state index contributed by atoms with van der Waals surface area (Å²) < 4.78 is 0. The van der Waals surface area contributed by atoms with Gasteiger partial charge in [-0.15, -0.1) is 0 Å². The van der Waals surface area contributed by atoms with Crippen LogP contribution in [-0.4, -0.2) is 23.4 Å². The zero-order valence-electron chi connectivity index (χ0n) is 9.86. The zero-order valence-corrected chi connectivity index (χ0v) is 9.86. The van der Waals surface area contributed by atoms with Gasteiger partial charge in [-0.2, -0.15) is 5.26 Å². The summed E-state index contributed by atoms with van der Waals surface area (Å²) in [4.78, 5) is 13.6. The van der Waals surface area contributed by atoms with Crippen molar-refractivity contribution < 1.29 is 4.79 Å². The maximum atomic E-state index is 11.7. The van der Waals surface area contributed by atoms with Crippen molar-refractivity contribution in [3.8, 4) is 6.07 Å². The maximum Gasteiger partial charge on any atom is 0.224 e. The number of likely N-dealkylation sites (tertiary alicyclic amines) is 1. The maximum absolute atomic E-state index is 11.7. The van der Waals surface area contributed by atoms with E-state index < -0.39 is 0 Å². The van der Waals surface area contributed by atoms with Gasteiger partial charge in [0.1, 0.15) is 0 Å². The lowest BCUT2D eigenvalue weighted by atomic mass is 9.94. The van der Waals surface area contributed by atoms with E-state index in [1.807, 2.05) is 4.90 Å². The summed E-state index contributed by atoms with van der Waals surface area (Å²) in [5.41, 5.74) is 0. The van der Waals surface area contributed by atoms with E-state index in [9.17, 15) is 4.79 Å². The highest BCUT2D eigenvalue weighted by atomic mass is 16.2. The molecule has 1 fully saturated rings. The second-order valence-electron chi connectivity index (χ2n) is 4.39. The molecule has 0 N–H and O–H groups in total. The molecule has 3 nitrogen and oxygen atoms in total. The van der Waals surface area contributed by atoms with Gasteiger partial charge in [0.15, 0.2) is 0 Å². The highest BCUT2D eigenvalue weighted by molar-refractivity contribution is 5.79. The number of nitrogens with zero attached hydrogens (tertiary/aromatic N) is 2. The number of hydrogen-bond donors (Lipinski definition) is 0. The van der Waals surface area contributed by atoms with Crippen LogP contribution in [0, 0.1) is 23.2 Å². The van der Waals surface area contributed by atoms with Gasteiger partial charge < -0.3 is 4.90 Å². The van der Waals surface area contributed by atoms with Gasteiger partial charge >= 0.3 is 0 Å². The second kappa shape index (κ2) is 5.16. The lowest BCUT2D eigenvalue weighted by molar-refractivity contribution is -0.130. The summed E-state index contributed by atoms with van der Waals surface area (Å²) in [6.45, 7) is 7.06. The smallest absolute Gasteiger partial charge is 0.224 e. The van der Waals surface area contributed by atoms with Crippen LogP contribution in [0.1, 0.15) is 40.0 Å². The van der Waals surface area contributed by atoms with E-state index in [1.165, 1.54) is 0 Å². The molecule has 0 aromatic rings. The van der Waals surface area contributed by atoms with Crippen LogP contribution < -0.4 is 0 Å². The van der Waals surface area contributed by atoms with Crippen molar-refractivity contribution in [1.82, 2.24) is 4.90 Å². The van der Waals surface area contributed by atoms with Gasteiger partial charge in [-0.25, -0.2) is 0 Å². The first-order chi connectivity index (χ1) is 7.13. The molecule has 1 aliphatic heterocycles. The number of hydrogen-bond acceptors (Lipinski definition) is 2. The molecule has 2 unspecified atom stereocenters. The average Bonchev–Trinajstić information content (AvgIpc) is 2.61. The Hall–Kier alpha value is -1.04. The quantitative estimate of drug-likeness (QED) is 0.710. The van der Waals surface area contributed by atoms with Crippen molar-refractivity contribution in [1.29, 1.82) is 5.26 Å². The number of rotatable bonds is 4. The molecule has 0 aliphatic carbocycles. The fourth-order valence-electron chi connectivity index (χ4n) is 2.44. The van der Waals surface area contributed by atoms with E-state index in [2.05, 4.69) is 26.8 Å². The van der Waals surface area contributed by atoms with Crippen LogP contribution in [0.3, 0.4) is 0 Å². The molecule has 0 saturated carbocycles. The third-order valence-electron chi connectivity index (χ3n) is 3.56. The number of amides is 1. The summed E-state index contributed by atoms with van der Waals surface area (Å²) in [6.07, 6.45) is 2.61. The van der Waals surface area contributed by atoms with Crippen molar-refractivity contribution >= 4 is 5.91 Å². The predicted octanol–water partition coefficient (Wildman–Crippen LogP) is 2.18. The van der Waals surface area contributed by atoms with E-state index in [4.69, 9.17) is 5.26 Å². The van der Waals surface area contributed by atoms with Crippen LogP contribution in [0.25, 0.3) is 0 Å². The van der Waals surface area contributed by atoms with Gasteiger partial charge in [-0.05, 0) is 12.8 Å². The van der Waals surface area contributed by atoms with Crippen LogP contribution in [0.2, 0.25) is 0 Å². The summed E-state index contributed by atoms with van der Waals surface area (Å²) >= 11 is 0. The van der Waals surface area contributed by atoms with E-state index in [1.54, 1.807) is 0 Å². The molecule has 2 atom stereocenters. The molecule has 1 rings (SSSR count). The van der Waals surface area contributed by atoms with Crippen molar-refractivity contribution in [2.75, 3.05) is 6.54 Å². The van der Waals surface area contributed by atoms with Crippen molar-refractivity contribution in [3.05, 3.63) is 0 Å². The Morgan fingerprint density at radius 1 is 1.53 bits per heavy atom. The molecule has 0 bridgehead atoms. The first kappa shape index (κ1) is 12.0.